The van der Waals surface area contributed by atoms with E-state index in [0.29, 0.717) is 35.7 Å². The van der Waals surface area contributed by atoms with Gasteiger partial charge in [-0.25, -0.2) is 0 Å². The van der Waals surface area contributed by atoms with Gasteiger partial charge < -0.3 is 13.7 Å². The van der Waals surface area contributed by atoms with Crippen molar-refractivity contribution in [1.82, 2.24) is 0 Å². The molecule has 0 unspecified atom stereocenters. The van der Waals surface area contributed by atoms with Gasteiger partial charge in [0, 0.05) is 18.2 Å². The molecule has 0 heterocycles. The molecule has 0 N–H and O–H groups in total. The molecule has 0 saturated heterocycles. The molecule has 0 aliphatic carbocycles. The zero-order chi connectivity index (χ0) is 21.6. The molecule has 156 valence electrons. The molecule has 0 fully saturated rings. The van der Waals surface area contributed by atoms with Crippen LogP contribution < -0.4 is 8.92 Å². The number of ketones is 1. The molecular formula is C23H22O6S. The zero-order valence-electron chi connectivity index (χ0n) is 16.7. The summed E-state index contributed by atoms with van der Waals surface area (Å²) in [6.45, 7) is 2.56. The Kier molecular flexibility index (Phi) is 6.87. The van der Waals surface area contributed by atoms with Crippen LogP contribution in [-0.4, -0.2) is 34.5 Å². The molecule has 0 spiro atoms. The third kappa shape index (κ3) is 5.25. The Morgan fingerprint density at radius 3 is 2.17 bits per heavy atom. The van der Waals surface area contributed by atoms with Gasteiger partial charge in [-0.15, -0.1) is 0 Å². The summed E-state index contributed by atoms with van der Waals surface area (Å²) < 4.78 is 40.9. The van der Waals surface area contributed by atoms with Crippen LogP contribution in [0.3, 0.4) is 0 Å². The number of methoxy groups -OCH3 is 1. The quantitative estimate of drug-likeness (QED) is 0.292. The van der Waals surface area contributed by atoms with Crippen molar-refractivity contribution in [1.29, 1.82) is 0 Å². The third-order valence-electron chi connectivity index (χ3n) is 4.34. The number of hydrogen-bond donors (Lipinski definition) is 0. The van der Waals surface area contributed by atoms with E-state index in [2.05, 4.69) is 0 Å². The summed E-state index contributed by atoms with van der Waals surface area (Å²) in [7, 11) is -2.45. The Balaban J connectivity index is 1.72. The molecule has 0 saturated carbocycles. The lowest BCUT2D eigenvalue weighted by atomic mass is 10.0. The fraction of sp³-hybridized carbons (Fsp3) is 0.174. The predicted octanol–water partition coefficient (Wildman–Crippen LogP) is 4.02. The van der Waals surface area contributed by atoms with Crippen LogP contribution in [0.2, 0.25) is 0 Å². The molecule has 6 nitrogen and oxygen atoms in total. The van der Waals surface area contributed by atoms with Crippen LogP contribution in [0.15, 0.2) is 77.7 Å². The summed E-state index contributed by atoms with van der Waals surface area (Å²) in [6.07, 6.45) is 0. The van der Waals surface area contributed by atoms with Crippen molar-refractivity contribution in [3.05, 3.63) is 89.5 Å². The Morgan fingerprint density at radius 2 is 1.53 bits per heavy atom. The van der Waals surface area contributed by atoms with Crippen molar-refractivity contribution < 1.29 is 26.9 Å². The van der Waals surface area contributed by atoms with E-state index >= 15 is 0 Å². The number of benzene rings is 3. The Morgan fingerprint density at radius 1 is 0.867 bits per heavy atom. The van der Waals surface area contributed by atoms with E-state index in [9.17, 15) is 13.2 Å². The first kappa shape index (κ1) is 21.5. The summed E-state index contributed by atoms with van der Waals surface area (Å²) in [5.74, 6) is 0.553. The summed E-state index contributed by atoms with van der Waals surface area (Å²) in [5, 5.41) is 0. The van der Waals surface area contributed by atoms with Gasteiger partial charge >= 0.3 is 10.1 Å². The maximum Gasteiger partial charge on any atom is 0.339 e. The van der Waals surface area contributed by atoms with Crippen molar-refractivity contribution >= 4 is 15.9 Å². The lowest BCUT2D eigenvalue weighted by molar-refractivity contribution is 0.103. The van der Waals surface area contributed by atoms with Crippen molar-refractivity contribution in [2.24, 2.45) is 0 Å². The first-order valence-electron chi connectivity index (χ1n) is 9.27. The topological polar surface area (TPSA) is 78.9 Å². The number of rotatable bonds is 9. The van der Waals surface area contributed by atoms with Crippen LogP contribution in [0.5, 0.6) is 11.5 Å². The van der Waals surface area contributed by atoms with Crippen molar-refractivity contribution in [3.8, 4) is 11.5 Å². The van der Waals surface area contributed by atoms with Gasteiger partial charge in [-0.1, -0.05) is 30.3 Å². The molecule has 7 heteroatoms. The Labute approximate surface area is 176 Å². The van der Waals surface area contributed by atoms with E-state index in [1.54, 1.807) is 44.4 Å². The summed E-state index contributed by atoms with van der Waals surface area (Å²) in [6, 6.07) is 19.4. The number of carbonyl (C=O) groups is 1. The highest BCUT2D eigenvalue weighted by atomic mass is 32.2. The minimum absolute atomic E-state index is 0.0172. The van der Waals surface area contributed by atoms with Crippen LogP contribution in [0.25, 0.3) is 0 Å². The minimum Gasteiger partial charge on any atom is -0.491 e. The van der Waals surface area contributed by atoms with Crippen molar-refractivity contribution in [2.45, 2.75) is 11.8 Å². The van der Waals surface area contributed by atoms with Gasteiger partial charge in [0.1, 0.15) is 23.0 Å². The molecule has 0 radical (unpaired) electrons. The number of ether oxygens (including phenoxy) is 2. The Hall–Kier alpha value is -3.16. The summed E-state index contributed by atoms with van der Waals surface area (Å²) >= 11 is 0. The molecule has 0 aliphatic heterocycles. The van der Waals surface area contributed by atoms with Gasteiger partial charge in [-0.3, -0.25) is 4.79 Å². The smallest absolute Gasteiger partial charge is 0.339 e. The highest BCUT2D eigenvalue weighted by Crippen LogP contribution is 2.25. The standard InChI is InChI=1S/C23H22O6S/c1-17-16-21(12-13-22(17)28-15-14-27-2)30(25,26)29-20-10-8-19(9-11-20)23(24)18-6-4-3-5-7-18/h3-13,16H,14-15H2,1-2H3. The zero-order valence-corrected chi connectivity index (χ0v) is 17.5. The van der Waals surface area contributed by atoms with Crippen LogP contribution >= 0.6 is 0 Å². The molecule has 0 aliphatic rings. The second-order valence-corrected chi connectivity index (χ2v) is 8.07. The van der Waals surface area contributed by atoms with Crippen LogP contribution in [0.4, 0.5) is 0 Å². The normalized spacial score (nSPS) is 11.1. The summed E-state index contributed by atoms with van der Waals surface area (Å²) in [4.78, 5) is 12.5. The molecule has 0 atom stereocenters. The van der Waals surface area contributed by atoms with Gasteiger partial charge in [0.05, 0.1) is 6.61 Å². The molecule has 30 heavy (non-hydrogen) atoms. The van der Waals surface area contributed by atoms with Crippen LogP contribution in [-0.2, 0) is 14.9 Å². The highest BCUT2D eigenvalue weighted by Gasteiger charge is 2.18. The molecule has 0 bridgehead atoms. The van der Waals surface area contributed by atoms with E-state index < -0.39 is 10.1 Å². The van der Waals surface area contributed by atoms with Gasteiger partial charge in [-0.2, -0.15) is 8.42 Å². The molecule has 3 aromatic rings. The molecule has 3 aromatic carbocycles. The number of aryl methyl sites for hydroxylation is 1. The van der Waals surface area contributed by atoms with Gasteiger partial charge in [0.25, 0.3) is 0 Å². The third-order valence-corrected chi connectivity index (χ3v) is 5.58. The maximum atomic E-state index is 12.6. The van der Waals surface area contributed by atoms with Crippen LogP contribution in [0.1, 0.15) is 21.5 Å². The van der Waals surface area contributed by atoms with Gasteiger partial charge in [0.15, 0.2) is 5.78 Å². The lowest BCUT2D eigenvalue weighted by Gasteiger charge is -2.11. The number of carbonyl (C=O) groups excluding carboxylic acids is 1. The van der Waals surface area contributed by atoms with E-state index in [1.165, 1.54) is 36.4 Å². The molecule has 3 rings (SSSR count). The van der Waals surface area contributed by atoms with Gasteiger partial charge in [-0.05, 0) is 55.0 Å². The van der Waals surface area contributed by atoms with Crippen LogP contribution in [0, 0.1) is 6.92 Å². The monoisotopic (exact) mass is 426 g/mol. The van der Waals surface area contributed by atoms with Crippen molar-refractivity contribution in [3.63, 3.8) is 0 Å². The average Bonchev–Trinajstić information content (AvgIpc) is 2.75. The van der Waals surface area contributed by atoms with E-state index in [0.717, 1.165) is 0 Å². The molecular weight excluding hydrogens is 404 g/mol. The largest absolute Gasteiger partial charge is 0.491 e. The number of hydrogen-bond acceptors (Lipinski definition) is 6. The lowest BCUT2D eigenvalue weighted by Crippen LogP contribution is -2.11. The van der Waals surface area contributed by atoms with E-state index in [4.69, 9.17) is 13.7 Å². The maximum absolute atomic E-state index is 12.6. The van der Waals surface area contributed by atoms with Crippen molar-refractivity contribution in [2.75, 3.05) is 20.3 Å². The summed E-state index contributed by atoms with van der Waals surface area (Å²) in [5.41, 5.74) is 1.67. The first-order valence-corrected chi connectivity index (χ1v) is 10.7. The fourth-order valence-electron chi connectivity index (χ4n) is 2.77. The van der Waals surface area contributed by atoms with E-state index in [1.807, 2.05) is 6.07 Å². The van der Waals surface area contributed by atoms with E-state index in [-0.39, 0.29) is 16.4 Å². The second kappa shape index (κ2) is 9.56. The second-order valence-electron chi connectivity index (χ2n) is 6.53. The highest BCUT2D eigenvalue weighted by molar-refractivity contribution is 7.87. The minimum atomic E-state index is -4.03. The first-order chi connectivity index (χ1) is 14.4. The fourth-order valence-corrected chi connectivity index (χ4v) is 3.78. The SMILES string of the molecule is COCCOc1ccc(S(=O)(=O)Oc2ccc(C(=O)c3ccccc3)cc2)cc1C. The Bertz CT molecular complexity index is 1110. The molecule has 0 aromatic heterocycles. The van der Waals surface area contributed by atoms with Gasteiger partial charge in [0.2, 0.25) is 0 Å². The average molecular weight is 426 g/mol. The molecule has 0 amide bonds. The predicted molar refractivity (Wildman–Crippen MR) is 113 cm³/mol.